The molecule has 0 aliphatic carbocycles. The number of carbonyl (C=O) groups is 1. The molecule has 28 heavy (non-hydrogen) atoms. The average Bonchev–Trinajstić information content (AvgIpc) is 3.33. The Bertz CT molecular complexity index is 672. The standard InChI is InChI=1S/C20H34N6O2/c1-4-21-20(22-8-6-9-26-17(3)15-16(2)23-26)25-12-10-24(11-13-25)19(27)18-7-5-14-28-18/h15,18H,4-14H2,1-3H3,(H,21,22). The summed E-state index contributed by atoms with van der Waals surface area (Å²) in [7, 11) is 0. The highest BCUT2D eigenvalue weighted by Crippen LogP contribution is 2.16. The van der Waals surface area contributed by atoms with Crippen molar-refractivity contribution in [2.24, 2.45) is 4.99 Å². The first kappa shape index (κ1) is 20.6. The zero-order chi connectivity index (χ0) is 19.9. The molecule has 156 valence electrons. The number of piperazine rings is 1. The van der Waals surface area contributed by atoms with E-state index in [-0.39, 0.29) is 12.0 Å². The Morgan fingerprint density at radius 1 is 1.29 bits per heavy atom. The van der Waals surface area contributed by atoms with Crippen LogP contribution in [0.5, 0.6) is 0 Å². The average molecular weight is 391 g/mol. The number of aryl methyl sites for hydroxylation is 3. The lowest BCUT2D eigenvalue weighted by atomic mass is 10.2. The smallest absolute Gasteiger partial charge is 0.251 e. The van der Waals surface area contributed by atoms with Crippen LogP contribution in [0.2, 0.25) is 0 Å². The first-order chi connectivity index (χ1) is 13.6. The van der Waals surface area contributed by atoms with Crippen LogP contribution in [0.4, 0.5) is 0 Å². The number of hydrogen-bond acceptors (Lipinski definition) is 4. The van der Waals surface area contributed by atoms with E-state index in [0.717, 1.165) is 76.7 Å². The largest absolute Gasteiger partial charge is 0.368 e. The Morgan fingerprint density at radius 3 is 2.64 bits per heavy atom. The summed E-state index contributed by atoms with van der Waals surface area (Å²) in [6.07, 6.45) is 2.58. The molecule has 1 amide bonds. The fourth-order valence-corrected chi connectivity index (χ4v) is 3.85. The van der Waals surface area contributed by atoms with Crippen molar-refractivity contribution >= 4 is 11.9 Å². The molecule has 1 atom stereocenters. The molecule has 2 aliphatic rings. The lowest BCUT2D eigenvalue weighted by Crippen LogP contribution is -2.55. The molecular weight excluding hydrogens is 356 g/mol. The van der Waals surface area contributed by atoms with E-state index in [1.807, 2.05) is 16.5 Å². The molecule has 0 radical (unpaired) electrons. The van der Waals surface area contributed by atoms with Crippen molar-refractivity contribution in [2.75, 3.05) is 45.9 Å². The van der Waals surface area contributed by atoms with Crippen molar-refractivity contribution in [1.29, 1.82) is 0 Å². The third-order valence-corrected chi connectivity index (χ3v) is 5.32. The molecule has 2 aliphatic heterocycles. The molecule has 2 fully saturated rings. The predicted octanol–water partition coefficient (Wildman–Crippen LogP) is 1.18. The molecule has 0 bridgehead atoms. The molecule has 3 rings (SSSR count). The molecular formula is C20H34N6O2. The van der Waals surface area contributed by atoms with Crippen molar-refractivity contribution in [3.05, 3.63) is 17.5 Å². The highest BCUT2D eigenvalue weighted by Gasteiger charge is 2.30. The Kier molecular flexibility index (Phi) is 7.30. The van der Waals surface area contributed by atoms with Gasteiger partial charge >= 0.3 is 0 Å². The molecule has 1 aromatic rings. The van der Waals surface area contributed by atoms with E-state index in [9.17, 15) is 4.79 Å². The summed E-state index contributed by atoms with van der Waals surface area (Å²) in [6, 6.07) is 2.10. The van der Waals surface area contributed by atoms with Gasteiger partial charge < -0.3 is 19.9 Å². The van der Waals surface area contributed by atoms with Crippen LogP contribution in [0.3, 0.4) is 0 Å². The van der Waals surface area contributed by atoms with Gasteiger partial charge in [0, 0.05) is 58.1 Å². The minimum absolute atomic E-state index is 0.156. The maximum Gasteiger partial charge on any atom is 0.251 e. The van der Waals surface area contributed by atoms with Gasteiger partial charge in [0.25, 0.3) is 5.91 Å². The topological polar surface area (TPSA) is 75.0 Å². The lowest BCUT2D eigenvalue weighted by Gasteiger charge is -2.37. The van der Waals surface area contributed by atoms with Crippen LogP contribution in [0.25, 0.3) is 0 Å². The Balaban J connectivity index is 1.47. The summed E-state index contributed by atoms with van der Waals surface area (Å²) >= 11 is 0. The molecule has 0 saturated carbocycles. The van der Waals surface area contributed by atoms with Crippen LogP contribution in [-0.4, -0.2) is 83.4 Å². The van der Waals surface area contributed by atoms with Gasteiger partial charge in [-0.15, -0.1) is 0 Å². The van der Waals surface area contributed by atoms with Gasteiger partial charge in [-0.2, -0.15) is 5.10 Å². The van der Waals surface area contributed by atoms with Gasteiger partial charge in [-0.3, -0.25) is 14.5 Å². The van der Waals surface area contributed by atoms with Gasteiger partial charge in [0.05, 0.1) is 5.69 Å². The fraction of sp³-hybridized carbons (Fsp3) is 0.750. The first-order valence-corrected chi connectivity index (χ1v) is 10.5. The van der Waals surface area contributed by atoms with Crippen molar-refractivity contribution in [3.8, 4) is 0 Å². The van der Waals surface area contributed by atoms with Crippen molar-refractivity contribution in [1.82, 2.24) is 24.9 Å². The number of carbonyl (C=O) groups excluding carboxylic acids is 1. The monoisotopic (exact) mass is 390 g/mol. The van der Waals surface area contributed by atoms with Crippen LogP contribution < -0.4 is 5.32 Å². The van der Waals surface area contributed by atoms with Gasteiger partial charge in [-0.05, 0) is 46.1 Å². The summed E-state index contributed by atoms with van der Waals surface area (Å²) in [6.45, 7) is 12.5. The van der Waals surface area contributed by atoms with E-state index in [0.29, 0.717) is 6.61 Å². The molecule has 0 aromatic carbocycles. The van der Waals surface area contributed by atoms with Crippen molar-refractivity contribution in [3.63, 3.8) is 0 Å². The maximum atomic E-state index is 12.5. The molecule has 1 aromatic heterocycles. The molecule has 1 unspecified atom stereocenters. The van der Waals surface area contributed by atoms with E-state index in [1.54, 1.807) is 0 Å². The van der Waals surface area contributed by atoms with E-state index in [4.69, 9.17) is 9.73 Å². The van der Waals surface area contributed by atoms with Gasteiger partial charge in [-0.1, -0.05) is 0 Å². The second kappa shape index (κ2) is 9.91. The highest BCUT2D eigenvalue weighted by atomic mass is 16.5. The quantitative estimate of drug-likeness (QED) is 0.448. The van der Waals surface area contributed by atoms with E-state index in [1.165, 1.54) is 5.69 Å². The third kappa shape index (κ3) is 5.25. The van der Waals surface area contributed by atoms with Gasteiger partial charge in [-0.25, -0.2) is 0 Å². The summed E-state index contributed by atoms with van der Waals surface area (Å²) in [5, 5.41) is 7.90. The molecule has 2 saturated heterocycles. The van der Waals surface area contributed by atoms with Crippen LogP contribution in [0, 0.1) is 13.8 Å². The zero-order valence-electron chi connectivity index (χ0n) is 17.5. The zero-order valence-corrected chi connectivity index (χ0v) is 17.5. The number of rotatable bonds is 6. The molecule has 8 nitrogen and oxygen atoms in total. The summed E-state index contributed by atoms with van der Waals surface area (Å²) in [5.74, 6) is 1.10. The second-order valence-electron chi connectivity index (χ2n) is 7.55. The summed E-state index contributed by atoms with van der Waals surface area (Å²) in [4.78, 5) is 21.5. The molecule has 3 heterocycles. The van der Waals surface area contributed by atoms with E-state index in [2.05, 4.69) is 35.2 Å². The van der Waals surface area contributed by atoms with E-state index >= 15 is 0 Å². The Morgan fingerprint density at radius 2 is 2.04 bits per heavy atom. The molecule has 1 N–H and O–H groups in total. The van der Waals surface area contributed by atoms with Gasteiger partial charge in [0.15, 0.2) is 5.96 Å². The third-order valence-electron chi connectivity index (χ3n) is 5.32. The molecule has 0 spiro atoms. The van der Waals surface area contributed by atoms with Crippen molar-refractivity contribution in [2.45, 2.75) is 52.7 Å². The first-order valence-electron chi connectivity index (χ1n) is 10.5. The number of hydrogen-bond donors (Lipinski definition) is 1. The number of ether oxygens (including phenoxy) is 1. The Hall–Kier alpha value is -2.09. The minimum atomic E-state index is -0.220. The maximum absolute atomic E-state index is 12.5. The SMILES string of the molecule is CCNC(=NCCCn1nc(C)cc1C)N1CCN(C(=O)C2CCCO2)CC1. The number of guanidine groups is 1. The number of nitrogens with zero attached hydrogens (tertiary/aromatic N) is 5. The summed E-state index contributed by atoms with van der Waals surface area (Å²) < 4.78 is 7.59. The number of nitrogens with one attached hydrogen (secondary N) is 1. The number of aromatic nitrogens is 2. The van der Waals surface area contributed by atoms with Gasteiger partial charge in [0.1, 0.15) is 6.10 Å². The van der Waals surface area contributed by atoms with Crippen LogP contribution in [-0.2, 0) is 16.1 Å². The van der Waals surface area contributed by atoms with Crippen LogP contribution in [0.1, 0.15) is 37.6 Å². The van der Waals surface area contributed by atoms with Crippen LogP contribution in [0.15, 0.2) is 11.1 Å². The van der Waals surface area contributed by atoms with E-state index < -0.39 is 0 Å². The van der Waals surface area contributed by atoms with Crippen LogP contribution >= 0.6 is 0 Å². The highest BCUT2D eigenvalue weighted by molar-refractivity contribution is 5.82. The number of amides is 1. The van der Waals surface area contributed by atoms with Gasteiger partial charge in [0.2, 0.25) is 0 Å². The second-order valence-corrected chi connectivity index (χ2v) is 7.55. The predicted molar refractivity (Wildman–Crippen MR) is 109 cm³/mol. The normalized spacial score (nSPS) is 20.7. The minimum Gasteiger partial charge on any atom is -0.368 e. The fourth-order valence-electron chi connectivity index (χ4n) is 3.85. The Labute approximate surface area is 167 Å². The molecule has 8 heteroatoms. The summed E-state index contributed by atoms with van der Waals surface area (Å²) in [5.41, 5.74) is 2.25. The van der Waals surface area contributed by atoms with Crippen molar-refractivity contribution < 1.29 is 9.53 Å². The number of aliphatic imine (C=N–C) groups is 1. The lowest BCUT2D eigenvalue weighted by molar-refractivity contribution is -0.142.